The van der Waals surface area contributed by atoms with E-state index in [2.05, 4.69) is 23.7 Å². The average Bonchev–Trinajstić information content (AvgIpc) is 3.70. The lowest BCUT2D eigenvalue weighted by Crippen LogP contribution is -2.57. The Morgan fingerprint density at radius 2 is 1.85 bits per heavy atom. The zero-order chi connectivity index (χ0) is 28.2. The molecular formula is C33H27NO6S. The second-order valence-electron chi connectivity index (χ2n) is 10.7. The van der Waals surface area contributed by atoms with E-state index in [1.165, 1.54) is 4.90 Å². The van der Waals surface area contributed by atoms with Crippen molar-refractivity contribution in [3.8, 4) is 29.4 Å². The summed E-state index contributed by atoms with van der Waals surface area (Å²) in [5.74, 6) is 13.0. The Morgan fingerprint density at radius 3 is 2.68 bits per heavy atom. The van der Waals surface area contributed by atoms with Crippen molar-refractivity contribution in [2.24, 2.45) is 5.92 Å². The van der Waals surface area contributed by atoms with E-state index in [0.717, 1.165) is 29.2 Å². The molecule has 4 atom stereocenters. The normalized spacial score (nSPS) is 27.6. The number of nitrogens with zero attached hydrogens (tertiary/aromatic N) is 1. The molecule has 2 fully saturated rings. The van der Waals surface area contributed by atoms with Crippen molar-refractivity contribution >= 4 is 32.4 Å². The number of methoxy groups -OCH3 is 1. The van der Waals surface area contributed by atoms with Crippen molar-refractivity contribution in [2.75, 3.05) is 24.4 Å². The van der Waals surface area contributed by atoms with E-state index in [1.54, 1.807) is 43.5 Å². The van der Waals surface area contributed by atoms with E-state index in [1.807, 2.05) is 36.4 Å². The van der Waals surface area contributed by atoms with Crippen LogP contribution in [-0.4, -0.2) is 45.6 Å². The number of rotatable bonds is 5. The third-order valence-electron chi connectivity index (χ3n) is 8.61. The molecule has 0 spiro atoms. The maximum absolute atomic E-state index is 13.8. The first-order valence-corrected chi connectivity index (χ1v) is 15.3. The van der Waals surface area contributed by atoms with Crippen LogP contribution in [0.4, 0.5) is 10.5 Å². The van der Waals surface area contributed by atoms with E-state index in [4.69, 9.17) is 14.2 Å². The molecule has 1 saturated heterocycles. The van der Waals surface area contributed by atoms with Crippen LogP contribution in [0.15, 0.2) is 77.7 Å². The third-order valence-corrected chi connectivity index (χ3v) is 10.3. The van der Waals surface area contributed by atoms with Gasteiger partial charge in [0.1, 0.15) is 29.6 Å². The van der Waals surface area contributed by atoms with Crippen LogP contribution in [0.3, 0.4) is 0 Å². The molecule has 2 aliphatic heterocycles. The molecular weight excluding hydrogens is 538 g/mol. The second kappa shape index (κ2) is 9.41. The molecule has 8 heteroatoms. The Balaban J connectivity index is 1.21. The van der Waals surface area contributed by atoms with Gasteiger partial charge in [0.05, 0.1) is 29.4 Å². The summed E-state index contributed by atoms with van der Waals surface area (Å²) in [6.45, 7) is -0.302. The number of hydrogen-bond donors (Lipinski definition) is 0. The number of hydrogen-bond acceptors (Lipinski definition) is 6. The van der Waals surface area contributed by atoms with Crippen molar-refractivity contribution < 1.29 is 27.4 Å². The highest BCUT2D eigenvalue weighted by molar-refractivity contribution is 7.91. The van der Waals surface area contributed by atoms with Gasteiger partial charge < -0.3 is 14.2 Å². The number of carbonyl (C=O) groups is 1. The highest BCUT2D eigenvalue weighted by Gasteiger charge is 2.81. The Labute approximate surface area is 239 Å². The molecule has 3 aromatic carbocycles. The fourth-order valence-electron chi connectivity index (χ4n) is 6.70. The first-order valence-electron chi connectivity index (χ1n) is 13.6. The molecule has 2 aliphatic carbocycles. The quantitative estimate of drug-likeness (QED) is 0.320. The van der Waals surface area contributed by atoms with Crippen molar-refractivity contribution in [3.05, 3.63) is 78.4 Å². The van der Waals surface area contributed by atoms with Crippen LogP contribution in [0, 0.1) is 29.6 Å². The summed E-state index contributed by atoms with van der Waals surface area (Å²) < 4.78 is 44.2. The van der Waals surface area contributed by atoms with Crippen molar-refractivity contribution in [1.29, 1.82) is 0 Å². The van der Waals surface area contributed by atoms with Gasteiger partial charge in [-0.05, 0) is 72.5 Å². The SMILES string of the molecule is COc1ccc2c(c1)[C@@]13O[C@]14CCC[C@@H]3C#C/C=C\C#C[C@@H]4N2C(=O)OCCS(=O)(=O)c1ccc2ccccc2c1. The smallest absolute Gasteiger partial charge is 0.415 e. The number of allylic oxidation sites excluding steroid dienone is 2. The fourth-order valence-corrected chi connectivity index (χ4v) is 7.83. The van der Waals surface area contributed by atoms with Crippen LogP contribution in [-0.2, 0) is 24.9 Å². The van der Waals surface area contributed by atoms with Gasteiger partial charge in [-0.15, -0.1) is 0 Å². The molecule has 0 radical (unpaired) electrons. The number of epoxide rings is 1. The van der Waals surface area contributed by atoms with Gasteiger partial charge in [-0.3, -0.25) is 4.90 Å². The summed E-state index contributed by atoms with van der Waals surface area (Å²) in [5, 5.41) is 1.78. The minimum Gasteiger partial charge on any atom is -0.497 e. The molecule has 7 rings (SSSR count). The van der Waals surface area contributed by atoms with Gasteiger partial charge in [-0.1, -0.05) is 54.0 Å². The molecule has 3 aromatic rings. The Bertz CT molecular complexity index is 1860. The second-order valence-corrected chi connectivity index (χ2v) is 12.8. The van der Waals surface area contributed by atoms with Crippen molar-refractivity contribution in [1.82, 2.24) is 0 Å². The molecule has 4 aliphatic rings. The van der Waals surface area contributed by atoms with Crippen molar-refractivity contribution in [3.63, 3.8) is 0 Å². The van der Waals surface area contributed by atoms with Crippen LogP contribution >= 0.6 is 0 Å². The lowest BCUT2D eigenvalue weighted by atomic mass is 9.64. The van der Waals surface area contributed by atoms with Crippen LogP contribution in [0.2, 0.25) is 0 Å². The molecule has 0 aromatic heterocycles. The maximum atomic E-state index is 13.8. The molecule has 41 heavy (non-hydrogen) atoms. The largest absolute Gasteiger partial charge is 0.497 e. The van der Waals surface area contributed by atoms with Crippen LogP contribution in [0.5, 0.6) is 5.75 Å². The van der Waals surface area contributed by atoms with E-state index in [9.17, 15) is 13.2 Å². The minimum absolute atomic E-state index is 0.0700. The molecule has 1 saturated carbocycles. The standard InChI is InChI=1S/C33H27NO6S/c1-38-26-15-17-29-28(22-26)33-25-11-4-2-3-5-13-30(32(33,40-33)18-8-12-25)34(29)31(35)39-19-20-41(36,37)27-16-14-23-9-6-7-10-24(23)21-27/h2-3,6-7,9-10,14-17,21-22,25,30H,8,12,18-20H2,1H3/b3-2-/t25-,30-,32-,33+/m0/s1. The predicted molar refractivity (Wildman–Crippen MR) is 154 cm³/mol. The monoisotopic (exact) mass is 565 g/mol. The average molecular weight is 566 g/mol. The highest BCUT2D eigenvalue weighted by atomic mass is 32.2. The molecule has 0 N–H and O–H groups in total. The first kappa shape index (κ1) is 25.7. The van der Waals surface area contributed by atoms with Gasteiger partial charge in [-0.2, -0.15) is 0 Å². The van der Waals surface area contributed by atoms with Crippen LogP contribution in [0.1, 0.15) is 24.8 Å². The van der Waals surface area contributed by atoms with Crippen molar-refractivity contribution in [2.45, 2.75) is 41.4 Å². The molecule has 1 amide bonds. The summed E-state index contributed by atoms with van der Waals surface area (Å²) in [6, 6.07) is 17.5. The summed E-state index contributed by atoms with van der Waals surface area (Å²) >= 11 is 0. The summed E-state index contributed by atoms with van der Waals surface area (Å²) in [4.78, 5) is 15.5. The summed E-state index contributed by atoms with van der Waals surface area (Å²) in [7, 11) is -2.09. The Morgan fingerprint density at radius 1 is 1.05 bits per heavy atom. The number of carbonyl (C=O) groups excluding carboxylic acids is 1. The molecule has 206 valence electrons. The minimum atomic E-state index is -3.69. The maximum Gasteiger partial charge on any atom is 0.415 e. The third kappa shape index (κ3) is 3.86. The number of ether oxygens (including phenoxy) is 3. The lowest BCUT2D eigenvalue weighted by molar-refractivity contribution is 0.153. The summed E-state index contributed by atoms with van der Waals surface area (Å²) in [5.41, 5.74) is -0.0145. The Hall–Kier alpha value is -4.24. The van der Waals surface area contributed by atoms with Gasteiger partial charge in [-0.25, -0.2) is 13.2 Å². The number of amides is 1. The number of benzene rings is 3. The van der Waals surface area contributed by atoms with Crippen LogP contribution < -0.4 is 9.64 Å². The summed E-state index contributed by atoms with van der Waals surface area (Å²) in [6.07, 6.45) is 5.20. The number of sulfone groups is 1. The Kier molecular flexibility index (Phi) is 5.90. The van der Waals surface area contributed by atoms with Gasteiger partial charge in [0.15, 0.2) is 9.84 Å². The molecule has 0 unspecified atom stereocenters. The lowest BCUT2D eigenvalue weighted by Gasteiger charge is -2.43. The highest BCUT2D eigenvalue weighted by Crippen LogP contribution is 2.72. The first-order chi connectivity index (χ1) is 19.9. The van der Waals surface area contributed by atoms with Gasteiger partial charge in [0.25, 0.3) is 0 Å². The number of fused-ring (bicyclic) bond motifs is 2. The van der Waals surface area contributed by atoms with E-state index < -0.39 is 33.2 Å². The fraction of sp³-hybridized carbons (Fsp3) is 0.303. The van der Waals surface area contributed by atoms with Crippen LogP contribution in [0.25, 0.3) is 10.8 Å². The molecule has 4 bridgehead atoms. The zero-order valence-electron chi connectivity index (χ0n) is 22.4. The van der Waals surface area contributed by atoms with E-state index >= 15 is 0 Å². The zero-order valence-corrected chi connectivity index (χ0v) is 23.2. The van der Waals surface area contributed by atoms with Gasteiger partial charge in [0, 0.05) is 5.56 Å². The van der Waals surface area contributed by atoms with Gasteiger partial charge in [0.2, 0.25) is 0 Å². The topological polar surface area (TPSA) is 85.4 Å². The van der Waals surface area contributed by atoms with E-state index in [-0.39, 0.29) is 23.2 Å². The molecule has 2 heterocycles. The predicted octanol–water partition coefficient (Wildman–Crippen LogP) is 4.99. The van der Waals surface area contributed by atoms with E-state index in [0.29, 0.717) is 17.9 Å². The molecule has 7 nitrogen and oxygen atoms in total. The van der Waals surface area contributed by atoms with Gasteiger partial charge >= 0.3 is 6.09 Å². The number of anilines is 1.